The zero-order chi connectivity index (χ0) is 13.4. The summed E-state index contributed by atoms with van der Waals surface area (Å²) < 4.78 is 0. The van der Waals surface area contributed by atoms with Crippen LogP contribution in [0, 0.1) is 6.92 Å². The molecule has 2 aromatic carbocycles. The molecule has 2 aromatic rings. The SMILES string of the molecule is Cc1ccccc1/C=C1/C(=O)N(C)c2ccccc21. The summed E-state index contributed by atoms with van der Waals surface area (Å²) in [5, 5.41) is 0. The fraction of sp³-hybridized carbons (Fsp3) is 0.118. The Balaban J connectivity index is 2.16. The monoisotopic (exact) mass is 249 g/mol. The first-order valence-electron chi connectivity index (χ1n) is 6.33. The van der Waals surface area contributed by atoms with Gasteiger partial charge < -0.3 is 4.90 Å². The van der Waals surface area contributed by atoms with E-state index in [0.29, 0.717) is 0 Å². The van der Waals surface area contributed by atoms with Gasteiger partial charge in [0.2, 0.25) is 0 Å². The molecule has 0 atom stereocenters. The first-order chi connectivity index (χ1) is 9.18. The van der Waals surface area contributed by atoms with Crippen molar-refractivity contribution in [2.24, 2.45) is 0 Å². The third-order valence-electron chi connectivity index (χ3n) is 3.58. The van der Waals surface area contributed by atoms with Crippen molar-refractivity contribution >= 4 is 23.2 Å². The average molecular weight is 249 g/mol. The number of nitrogens with zero attached hydrogens (tertiary/aromatic N) is 1. The summed E-state index contributed by atoms with van der Waals surface area (Å²) in [7, 11) is 1.82. The fourth-order valence-corrected chi connectivity index (χ4v) is 2.44. The maximum Gasteiger partial charge on any atom is 0.258 e. The minimum absolute atomic E-state index is 0.0597. The second-order valence-electron chi connectivity index (χ2n) is 4.80. The molecule has 0 aliphatic carbocycles. The van der Waals surface area contributed by atoms with Gasteiger partial charge in [0.25, 0.3) is 5.91 Å². The normalized spacial score (nSPS) is 16.0. The molecule has 0 radical (unpaired) electrons. The lowest BCUT2D eigenvalue weighted by molar-refractivity contribution is -0.112. The van der Waals surface area contributed by atoms with Crippen LogP contribution in [0.3, 0.4) is 0 Å². The Morgan fingerprint density at radius 2 is 1.68 bits per heavy atom. The molecule has 2 heteroatoms. The van der Waals surface area contributed by atoms with Gasteiger partial charge in [-0.3, -0.25) is 4.79 Å². The van der Waals surface area contributed by atoms with E-state index in [1.54, 1.807) is 4.90 Å². The fourth-order valence-electron chi connectivity index (χ4n) is 2.44. The van der Waals surface area contributed by atoms with Crippen LogP contribution >= 0.6 is 0 Å². The number of anilines is 1. The van der Waals surface area contributed by atoms with Crippen LogP contribution in [0.4, 0.5) is 5.69 Å². The van der Waals surface area contributed by atoms with Gasteiger partial charge in [0.15, 0.2) is 0 Å². The summed E-state index contributed by atoms with van der Waals surface area (Å²) in [6.45, 7) is 2.06. The van der Waals surface area contributed by atoms with Gasteiger partial charge in [-0.2, -0.15) is 0 Å². The largest absolute Gasteiger partial charge is 0.311 e. The van der Waals surface area contributed by atoms with Crippen LogP contribution in [0.15, 0.2) is 48.5 Å². The Morgan fingerprint density at radius 1 is 1.00 bits per heavy atom. The number of aryl methyl sites for hydroxylation is 1. The summed E-state index contributed by atoms with van der Waals surface area (Å²) >= 11 is 0. The van der Waals surface area contributed by atoms with Crippen molar-refractivity contribution < 1.29 is 4.79 Å². The first kappa shape index (κ1) is 11.7. The Kier molecular flexibility index (Phi) is 2.71. The predicted molar refractivity (Wildman–Crippen MR) is 78.9 cm³/mol. The van der Waals surface area contributed by atoms with E-state index in [2.05, 4.69) is 13.0 Å². The molecule has 1 amide bonds. The highest BCUT2D eigenvalue weighted by molar-refractivity contribution is 6.35. The van der Waals surface area contributed by atoms with Crippen molar-refractivity contribution in [2.45, 2.75) is 6.92 Å². The molecule has 0 bridgehead atoms. The number of carbonyl (C=O) groups is 1. The number of rotatable bonds is 1. The molecule has 19 heavy (non-hydrogen) atoms. The highest BCUT2D eigenvalue weighted by Gasteiger charge is 2.28. The number of likely N-dealkylation sites (N-methyl/N-ethyl adjacent to an activating group) is 1. The summed E-state index contributed by atoms with van der Waals surface area (Å²) in [5.74, 6) is 0.0597. The molecular weight excluding hydrogens is 234 g/mol. The molecule has 1 aliphatic rings. The lowest BCUT2D eigenvalue weighted by atomic mass is 10.0. The highest BCUT2D eigenvalue weighted by Crippen LogP contribution is 2.36. The Labute approximate surface area is 113 Å². The van der Waals surface area contributed by atoms with Gasteiger partial charge in [-0.15, -0.1) is 0 Å². The Morgan fingerprint density at radius 3 is 2.47 bits per heavy atom. The molecule has 2 nitrogen and oxygen atoms in total. The summed E-state index contributed by atoms with van der Waals surface area (Å²) in [6, 6.07) is 16.0. The minimum Gasteiger partial charge on any atom is -0.311 e. The zero-order valence-corrected chi connectivity index (χ0v) is 11.1. The van der Waals surface area contributed by atoms with Crippen LogP contribution < -0.4 is 4.90 Å². The van der Waals surface area contributed by atoms with Gasteiger partial charge in [0.1, 0.15) is 0 Å². The van der Waals surface area contributed by atoms with Crippen LogP contribution in [0.2, 0.25) is 0 Å². The molecule has 94 valence electrons. The van der Waals surface area contributed by atoms with Crippen molar-refractivity contribution in [3.8, 4) is 0 Å². The zero-order valence-electron chi connectivity index (χ0n) is 11.1. The van der Waals surface area contributed by atoms with Crippen molar-refractivity contribution in [3.63, 3.8) is 0 Å². The van der Waals surface area contributed by atoms with Crippen molar-refractivity contribution in [1.82, 2.24) is 0 Å². The summed E-state index contributed by atoms with van der Waals surface area (Å²) in [6.07, 6.45) is 1.99. The van der Waals surface area contributed by atoms with Gasteiger partial charge in [-0.25, -0.2) is 0 Å². The molecule has 0 saturated carbocycles. The smallest absolute Gasteiger partial charge is 0.258 e. The number of hydrogen-bond donors (Lipinski definition) is 0. The molecular formula is C17H15NO. The van der Waals surface area contributed by atoms with Gasteiger partial charge in [0, 0.05) is 18.2 Å². The maximum absolute atomic E-state index is 12.3. The minimum atomic E-state index is 0.0597. The molecule has 0 saturated heterocycles. The number of benzene rings is 2. The van der Waals surface area contributed by atoms with Crippen LogP contribution in [-0.4, -0.2) is 13.0 Å². The molecule has 3 rings (SSSR count). The van der Waals surface area contributed by atoms with Crippen LogP contribution in [-0.2, 0) is 4.79 Å². The van der Waals surface area contributed by atoms with Gasteiger partial charge in [-0.1, -0.05) is 42.5 Å². The standard InChI is InChI=1S/C17H15NO/c1-12-7-3-4-8-13(12)11-15-14-9-5-6-10-16(14)18(2)17(15)19/h3-11H,1-2H3/b15-11+. The van der Waals surface area contributed by atoms with E-state index in [-0.39, 0.29) is 5.91 Å². The lowest BCUT2D eigenvalue weighted by Gasteiger charge is -2.08. The van der Waals surface area contributed by atoms with Crippen LogP contribution in [0.5, 0.6) is 0 Å². The number of amides is 1. The van der Waals surface area contributed by atoms with E-state index in [1.807, 2.05) is 55.6 Å². The van der Waals surface area contributed by atoms with Gasteiger partial charge >= 0.3 is 0 Å². The topological polar surface area (TPSA) is 20.3 Å². The van der Waals surface area contributed by atoms with E-state index in [1.165, 1.54) is 5.56 Å². The third kappa shape index (κ3) is 1.85. The number of fused-ring (bicyclic) bond motifs is 1. The maximum atomic E-state index is 12.3. The Bertz CT molecular complexity index is 685. The second-order valence-corrected chi connectivity index (χ2v) is 4.80. The molecule has 0 fully saturated rings. The molecule has 0 aromatic heterocycles. The van der Waals surface area contributed by atoms with Crippen molar-refractivity contribution in [1.29, 1.82) is 0 Å². The predicted octanol–water partition coefficient (Wildman–Crippen LogP) is 3.51. The highest BCUT2D eigenvalue weighted by atomic mass is 16.2. The number of para-hydroxylation sites is 1. The number of hydrogen-bond acceptors (Lipinski definition) is 1. The van der Waals surface area contributed by atoms with Crippen LogP contribution in [0.25, 0.3) is 11.6 Å². The second kappa shape index (κ2) is 4.39. The third-order valence-corrected chi connectivity index (χ3v) is 3.58. The van der Waals surface area contributed by atoms with Gasteiger partial charge in [-0.05, 0) is 30.2 Å². The summed E-state index contributed by atoms with van der Waals surface area (Å²) in [5.41, 5.74) is 5.03. The number of carbonyl (C=O) groups excluding carboxylic acids is 1. The van der Waals surface area contributed by atoms with E-state index in [0.717, 1.165) is 22.4 Å². The molecule has 1 aliphatic heterocycles. The molecule has 0 spiro atoms. The van der Waals surface area contributed by atoms with E-state index in [9.17, 15) is 4.79 Å². The van der Waals surface area contributed by atoms with Crippen molar-refractivity contribution in [3.05, 3.63) is 65.2 Å². The van der Waals surface area contributed by atoms with Crippen LogP contribution in [0.1, 0.15) is 16.7 Å². The van der Waals surface area contributed by atoms with Crippen molar-refractivity contribution in [2.75, 3.05) is 11.9 Å². The molecule has 0 unspecified atom stereocenters. The molecule has 1 heterocycles. The van der Waals surface area contributed by atoms with E-state index < -0.39 is 0 Å². The quantitative estimate of drug-likeness (QED) is 0.708. The summed E-state index contributed by atoms with van der Waals surface area (Å²) in [4.78, 5) is 14.0. The van der Waals surface area contributed by atoms with E-state index >= 15 is 0 Å². The molecule has 0 N–H and O–H groups in total. The first-order valence-corrected chi connectivity index (χ1v) is 6.33. The van der Waals surface area contributed by atoms with Gasteiger partial charge in [0.05, 0.1) is 5.69 Å². The lowest BCUT2D eigenvalue weighted by Crippen LogP contribution is -2.20. The average Bonchev–Trinajstić information content (AvgIpc) is 2.67. The van der Waals surface area contributed by atoms with E-state index in [4.69, 9.17) is 0 Å². The Hall–Kier alpha value is -2.35.